The zero-order valence-electron chi connectivity index (χ0n) is 11.4. The van der Waals surface area contributed by atoms with Crippen molar-refractivity contribution in [1.82, 2.24) is 0 Å². The van der Waals surface area contributed by atoms with E-state index >= 15 is 0 Å². The third kappa shape index (κ3) is 5.85. The number of rotatable bonds is 9. The molecule has 0 saturated heterocycles. The van der Waals surface area contributed by atoms with Gasteiger partial charge >= 0.3 is 5.97 Å². The van der Waals surface area contributed by atoms with Gasteiger partial charge < -0.3 is 15.6 Å². The van der Waals surface area contributed by atoms with Crippen molar-refractivity contribution in [3.05, 3.63) is 35.9 Å². The average Bonchev–Trinajstić information content (AvgIpc) is 2.42. The van der Waals surface area contributed by atoms with Gasteiger partial charge in [0.15, 0.2) is 0 Å². The van der Waals surface area contributed by atoms with Gasteiger partial charge in [0.05, 0.1) is 12.5 Å². The average molecular weight is 265 g/mol. The van der Waals surface area contributed by atoms with Crippen LogP contribution in [0.25, 0.3) is 0 Å². The number of carboxylic acid groups (broad SMARTS) is 1. The molecule has 2 unspecified atom stereocenters. The van der Waals surface area contributed by atoms with E-state index < -0.39 is 18.1 Å². The van der Waals surface area contributed by atoms with Crippen molar-refractivity contribution in [2.75, 3.05) is 0 Å². The molecule has 0 aliphatic heterocycles. The van der Waals surface area contributed by atoms with Crippen molar-refractivity contribution in [2.24, 2.45) is 11.7 Å². The van der Waals surface area contributed by atoms with E-state index in [4.69, 9.17) is 10.5 Å². The van der Waals surface area contributed by atoms with Gasteiger partial charge in [0, 0.05) is 0 Å². The van der Waals surface area contributed by atoms with Crippen molar-refractivity contribution in [3.8, 4) is 0 Å². The summed E-state index contributed by atoms with van der Waals surface area (Å²) >= 11 is 0. The summed E-state index contributed by atoms with van der Waals surface area (Å²) in [6.07, 6.45) is 2.77. The van der Waals surface area contributed by atoms with E-state index in [1.165, 1.54) is 0 Å². The standard InChI is InChI=1S/C15H23NO3/c1-2-3-5-10-13(15(17)18)14(16)19-11-12-8-6-4-7-9-12/h4,6-9,13-14H,2-3,5,10-11,16H2,1H3,(H,17,18). The first-order valence-corrected chi connectivity index (χ1v) is 6.79. The number of unbranched alkanes of at least 4 members (excludes halogenated alkanes) is 2. The summed E-state index contributed by atoms with van der Waals surface area (Å²) in [4.78, 5) is 11.2. The van der Waals surface area contributed by atoms with Gasteiger partial charge in [-0.25, -0.2) is 0 Å². The number of benzene rings is 1. The maximum absolute atomic E-state index is 11.2. The third-order valence-electron chi connectivity index (χ3n) is 3.12. The van der Waals surface area contributed by atoms with Crippen LogP contribution in [0, 0.1) is 5.92 Å². The van der Waals surface area contributed by atoms with E-state index in [9.17, 15) is 9.90 Å². The Morgan fingerprint density at radius 3 is 2.58 bits per heavy atom. The van der Waals surface area contributed by atoms with Gasteiger partial charge in [-0.3, -0.25) is 4.79 Å². The summed E-state index contributed by atoms with van der Waals surface area (Å²) in [5, 5.41) is 9.18. The minimum absolute atomic E-state index is 0.347. The lowest BCUT2D eigenvalue weighted by molar-refractivity contribution is -0.148. The van der Waals surface area contributed by atoms with Crippen LogP contribution in [0.3, 0.4) is 0 Å². The van der Waals surface area contributed by atoms with Crippen LogP contribution in [0.2, 0.25) is 0 Å². The Hall–Kier alpha value is -1.39. The minimum atomic E-state index is -0.878. The fourth-order valence-corrected chi connectivity index (χ4v) is 1.93. The van der Waals surface area contributed by atoms with Crippen LogP contribution >= 0.6 is 0 Å². The number of ether oxygens (including phenoxy) is 1. The van der Waals surface area contributed by atoms with Gasteiger partial charge in [-0.2, -0.15) is 0 Å². The summed E-state index contributed by atoms with van der Waals surface area (Å²) in [6, 6.07) is 9.62. The number of carboxylic acids is 1. The number of nitrogens with two attached hydrogens (primary N) is 1. The Balaban J connectivity index is 2.43. The van der Waals surface area contributed by atoms with Gasteiger partial charge in [-0.05, 0) is 12.0 Å². The molecule has 0 aliphatic carbocycles. The summed E-state index contributed by atoms with van der Waals surface area (Å²) in [6.45, 7) is 2.43. The van der Waals surface area contributed by atoms with E-state index in [1.54, 1.807) is 0 Å². The zero-order chi connectivity index (χ0) is 14.1. The Morgan fingerprint density at radius 2 is 2.00 bits per heavy atom. The van der Waals surface area contributed by atoms with Gasteiger partial charge in [0.2, 0.25) is 0 Å². The van der Waals surface area contributed by atoms with Crippen molar-refractivity contribution in [1.29, 1.82) is 0 Å². The molecule has 0 saturated carbocycles. The molecule has 4 nitrogen and oxygen atoms in total. The summed E-state index contributed by atoms with van der Waals surface area (Å²) < 4.78 is 5.48. The highest BCUT2D eigenvalue weighted by Crippen LogP contribution is 2.15. The molecular formula is C15H23NO3. The molecule has 1 aromatic rings. The Bertz CT molecular complexity index is 367. The second-order valence-electron chi connectivity index (χ2n) is 4.70. The highest BCUT2D eigenvalue weighted by Gasteiger charge is 2.25. The summed E-state index contributed by atoms with van der Waals surface area (Å²) in [5.41, 5.74) is 6.84. The lowest BCUT2D eigenvalue weighted by Crippen LogP contribution is -2.37. The number of carbonyl (C=O) groups is 1. The third-order valence-corrected chi connectivity index (χ3v) is 3.12. The number of hydrogen-bond acceptors (Lipinski definition) is 3. The Morgan fingerprint density at radius 1 is 1.32 bits per heavy atom. The molecule has 0 fully saturated rings. The van der Waals surface area contributed by atoms with E-state index in [-0.39, 0.29) is 0 Å². The van der Waals surface area contributed by atoms with Gasteiger partial charge in [0.25, 0.3) is 0 Å². The molecule has 4 heteroatoms. The van der Waals surface area contributed by atoms with Crippen LogP contribution in [0.1, 0.15) is 38.2 Å². The lowest BCUT2D eigenvalue weighted by atomic mass is 10.00. The quantitative estimate of drug-likeness (QED) is 0.532. The van der Waals surface area contributed by atoms with E-state index in [1.807, 2.05) is 30.3 Å². The molecule has 0 radical (unpaired) electrons. The fraction of sp³-hybridized carbons (Fsp3) is 0.533. The highest BCUT2D eigenvalue weighted by atomic mass is 16.5. The normalized spacial score (nSPS) is 14.0. The van der Waals surface area contributed by atoms with Gasteiger partial charge in [-0.1, -0.05) is 56.5 Å². The smallest absolute Gasteiger partial charge is 0.310 e. The van der Waals surface area contributed by atoms with E-state index in [0.717, 1.165) is 24.8 Å². The molecule has 0 aromatic heterocycles. The molecule has 0 bridgehead atoms. The summed E-state index contributed by atoms with van der Waals surface area (Å²) in [5.74, 6) is -1.51. The van der Waals surface area contributed by atoms with Crippen LogP contribution in [0.15, 0.2) is 30.3 Å². The fourth-order valence-electron chi connectivity index (χ4n) is 1.93. The monoisotopic (exact) mass is 265 g/mol. The van der Waals surface area contributed by atoms with Crippen LogP contribution in [-0.2, 0) is 16.1 Å². The maximum Gasteiger partial charge on any atom is 0.310 e. The van der Waals surface area contributed by atoms with Crippen LogP contribution < -0.4 is 5.73 Å². The predicted octanol–water partition coefficient (Wildman–Crippen LogP) is 2.77. The second-order valence-corrected chi connectivity index (χ2v) is 4.70. The van der Waals surface area contributed by atoms with Crippen molar-refractivity contribution in [3.63, 3.8) is 0 Å². The molecule has 1 aromatic carbocycles. The highest BCUT2D eigenvalue weighted by molar-refractivity contribution is 5.70. The Labute approximate surface area is 114 Å². The van der Waals surface area contributed by atoms with Crippen molar-refractivity contribution >= 4 is 5.97 Å². The molecule has 0 heterocycles. The van der Waals surface area contributed by atoms with Crippen molar-refractivity contribution in [2.45, 2.75) is 45.4 Å². The van der Waals surface area contributed by atoms with E-state index in [0.29, 0.717) is 13.0 Å². The molecule has 2 atom stereocenters. The first-order chi connectivity index (χ1) is 9.15. The molecule has 0 amide bonds. The maximum atomic E-state index is 11.2. The topological polar surface area (TPSA) is 72.5 Å². The molecule has 0 aliphatic rings. The molecular weight excluding hydrogens is 242 g/mol. The van der Waals surface area contributed by atoms with E-state index in [2.05, 4.69) is 6.92 Å². The first kappa shape index (κ1) is 15.7. The van der Waals surface area contributed by atoms with Crippen LogP contribution in [0.5, 0.6) is 0 Å². The van der Waals surface area contributed by atoms with Gasteiger partial charge in [0.1, 0.15) is 6.23 Å². The molecule has 1 rings (SSSR count). The second kappa shape index (κ2) is 8.67. The molecule has 0 spiro atoms. The minimum Gasteiger partial charge on any atom is -0.481 e. The number of aliphatic carboxylic acids is 1. The lowest BCUT2D eigenvalue weighted by Gasteiger charge is -2.20. The predicted molar refractivity (Wildman–Crippen MR) is 74.5 cm³/mol. The SMILES string of the molecule is CCCCCC(C(=O)O)C(N)OCc1ccccc1. The summed E-state index contributed by atoms with van der Waals surface area (Å²) in [7, 11) is 0. The Kier molecular flexibility index (Phi) is 7.15. The number of hydrogen-bond donors (Lipinski definition) is 2. The van der Waals surface area contributed by atoms with Crippen LogP contribution in [-0.4, -0.2) is 17.3 Å². The zero-order valence-corrected chi connectivity index (χ0v) is 11.4. The first-order valence-electron chi connectivity index (χ1n) is 6.79. The molecule has 19 heavy (non-hydrogen) atoms. The molecule has 3 N–H and O–H groups in total. The van der Waals surface area contributed by atoms with Crippen molar-refractivity contribution < 1.29 is 14.6 Å². The molecule has 106 valence electrons. The van der Waals surface area contributed by atoms with Gasteiger partial charge in [-0.15, -0.1) is 0 Å². The van der Waals surface area contributed by atoms with Crippen LogP contribution in [0.4, 0.5) is 0 Å². The largest absolute Gasteiger partial charge is 0.481 e.